The van der Waals surface area contributed by atoms with E-state index in [1.807, 2.05) is 0 Å². The van der Waals surface area contributed by atoms with E-state index in [1.54, 1.807) is 0 Å². The van der Waals surface area contributed by atoms with E-state index in [2.05, 4.69) is 15.9 Å². The zero-order valence-electron chi connectivity index (χ0n) is 11.1. The van der Waals surface area contributed by atoms with E-state index in [0.29, 0.717) is 23.0 Å². The largest absolute Gasteiger partial charge is 0.467 e. The van der Waals surface area contributed by atoms with Gasteiger partial charge >= 0.3 is 5.97 Å². The summed E-state index contributed by atoms with van der Waals surface area (Å²) in [6.45, 7) is 0.502. The smallest absolute Gasteiger partial charge is 0.328 e. The first-order valence-corrected chi connectivity index (χ1v) is 7.17. The number of carbonyl (C=O) groups excluding carboxylic acids is 2. The first-order valence-electron chi connectivity index (χ1n) is 6.38. The summed E-state index contributed by atoms with van der Waals surface area (Å²) in [6, 6.07) is 3.34. The average Bonchev–Trinajstić information content (AvgIpc) is 2.46. The fraction of sp³-hybridized carbons (Fsp3) is 0.429. The first-order chi connectivity index (χ1) is 9.54. The number of ether oxygens (including phenoxy) is 1. The summed E-state index contributed by atoms with van der Waals surface area (Å²) >= 11 is 3.18. The monoisotopic (exact) mass is 343 g/mol. The van der Waals surface area contributed by atoms with E-state index < -0.39 is 17.8 Å². The third-order valence-corrected chi connectivity index (χ3v) is 4.05. The maximum atomic E-state index is 13.1. The number of esters is 1. The van der Waals surface area contributed by atoms with Crippen LogP contribution in [0.4, 0.5) is 4.39 Å². The minimum atomic E-state index is -0.557. The van der Waals surface area contributed by atoms with E-state index in [4.69, 9.17) is 4.74 Å². The van der Waals surface area contributed by atoms with Gasteiger partial charge in [-0.05, 0) is 53.4 Å². The summed E-state index contributed by atoms with van der Waals surface area (Å²) in [5, 5.41) is 0. The summed E-state index contributed by atoms with van der Waals surface area (Å²) in [4.78, 5) is 25.8. The molecule has 4 nitrogen and oxygen atoms in total. The number of hydrogen-bond acceptors (Lipinski definition) is 3. The van der Waals surface area contributed by atoms with Crippen LogP contribution in [0.1, 0.15) is 29.6 Å². The predicted octanol–water partition coefficient (Wildman–Crippen LogP) is 2.76. The lowest BCUT2D eigenvalue weighted by Crippen LogP contribution is -2.48. The van der Waals surface area contributed by atoms with Crippen LogP contribution in [0.3, 0.4) is 0 Å². The SMILES string of the molecule is COC(=O)[C@H]1CCCCN1C(=O)c1ccc(F)cc1Br. The molecule has 0 spiro atoms. The minimum absolute atomic E-state index is 0.285. The number of piperidine rings is 1. The number of rotatable bonds is 2. The lowest BCUT2D eigenvalue weighted by atomic mass is 10.0. The van der Waals surface area contributed by atoms with Gasteiger partial charge in [-0.25, -0.2) is 9.18 Å². The minimum Gasteiger partial charge on any atom is -0.467 e. The van der Waals surface area contributed by atoms with Crippen molar-refractivity contribution >= 4 is 27.8 Å². The second-order valence-corrected chi connectivity index (χ2v) is 5.51. The Morgan fingerprint density at radius 1 is 1.40 bits per heavy atom. The molecular weight excluding hydrogens is 329 g/mol. The standard InChI is InChI=1S/C14H15BrFNO3/c1-20-14(19)12-4-2-3-7-17(12)13(18)10-6-5-9(16)8-11(10)15/h5-6,8,12H,2-4,7H2,1H3/t12-/m1/s1. The van der Waals surface area contributed by atoms with E-state index in [0.717, 1.165) is 12.8 Å². The Kier molecular flexibility index (Phi) is 4.75. The highest BCUT2D eigenvalue weighted by atomic mass is 79.9. The highest BCUT2D eigenvalue weighted by molar-refractivity contribution is 9.10. The van der Waals surface area contributed by atoms with Crippen LogP contribution in [0.5, 0.6) is 0 Å². The summed E-state index contributed by atoms with van der Waals surface area (Å²) in [6.07, 6.45) is 2.32. The Labute approximate surface area is 125 Å². The molecule has 108 valence electrons. The van der Waals surface area contributed by atoms with Gasteiger partial charge < -0.3 is 9.64 Å². The van der Waals surface area contributed by atoms with Gasteiger partial charge in [0.1, 0.15) is 11.9 Å². The second kappa shape index (κ2) is 6.35. The van der Waals surface area contributed by atoms with Crippen LogP contribution < -0.4 is 0 Å². The highest BCUT2D eigenvalue weighted by Crippen LogP contribution is 2.25. The van der Waals surface area contributed by atoms with Gasteiger partial charge in [0.25, 0.3) is 5.91 Å². The van der Waals surface area contributed by atoms with E-state index in [-0.39, 0.29) is 5.91 Å². The third kappa shape index (κ3) is 3.00. The van der Waals surface area contributed by atoms with Crippen molar-refractivity contribution in [1.29, 1.82) is 0 Å². The molecule has 0 radical (unpaired) electrons. The Hall–Kier alpha value is -1.43. The van der Waals surface area contributed by atoms with Gasteiger partial charge in [0.2, 0.25) is 0 Å². The van der Waals surface area contributed by atoms with Gasteiger partial charge in [-0.3, -0.25) is 4.79 Å². The van der Waals surface area contributed by atoms with Crippen LogP contribution in [-0.4, -0.2) is 36.5 Å². The topological polar surface area (TPSA) is 46.6 Å². The number of benzene rings is 1. The molecule has 1 aliphatic heterocycles. The number of methoxy groups -OCH3 is 1. The normalized spacial score (nSPS) is 18.8. The van der Waals surface area contributed by atoms with Crippen LogP contribution in [-0.2, 0) is 9.53 Å². The molecular formula is C14H15BrFNO3. The Balaban J connectivity index is 2.27. The van der Waals surface area contributed by atoms with Crippen molar-refractivity contribution in [2.75, 3.05) is 13.7 Å². The molecule has 1 heterocycles. The van der Waals surface area contributed by atoms with E-state index >= 15 is 0 Å². The van der Waals surface area contributed by atoms with Crippen molar-refractivity contribution < 1.29 is 18.7 Å². The molecule has 1 aromatic carbocycles. The molecule has 0 bridgehead atoms. The van der Waals surface area contributed by atoms with E-state index in [9.17, 15) is 14.0 Å². The lowest BCUT2D eigenvalue weighted by molar-refractivity contribution is -0.147. The molecule has 0 N–H and O–H groups in total. The summed E-state index contributed by atoms with van der Waals surface area (Å²) < 4.78 is 18.2. The fourth-order valence-electron chi connectivity index (χ4n) is 2.37. The molecule has 0 aromatic heterocycles. The Morgan fingerprint density at radius 2 is 2.15 bits per heavy atom. The molecule has 1 amide bonds. The molecule has 0 unspecified atom stereocenters. The van der Waals surface area contributed by atoms with Gasteiger partial charge in [-0.2, -0.15) is 0 Å². The number of halogens is 2. The molecule has 1 aromatic rings. The molecule has 1 fully saturated rings. The molecule has 1 aliphatic rings. The lowest BCUT2D eigenvalue weighted by Gasteiger charge is -2.34. The van der Waals surface area contributed by atoms with Gasteiger partial charge in [0, 0.05) is 11.0 Å². The molecule has 0 aliphatic carbocycles. The summed E-state index contributed by atoms with van der Waals surface area (Å²) in [7, 11) is 1.31. The maximum Gasteiger partial charge on any atom is 0.328 e. The average molecular weight is 344 g/mol. The van der Waals surface area contributed by atoms with Crippen LogP contribution in [0, 0.1) is 5.82 Å². The van der Waals surface area contributed by atoms with Crippen molar-refractivity contribution in [3.8, 4) is 0 Å². The molecule has 1 atom stereocenters. The molecule has 6 heteroatoms. The fourth-order valence-corrected chi connectivity index (χ4v) is 2.89. The van der Waals surface area contributed by atoms with Crippen LogP contribution in [0.15, 0.2) is 22.7 Å². The number of hydrogen-bond donors (Lipinski definition) is 0. The zero-order valence-corrected chi connectivity index (χ0v) is 12.7. The van der Waals surface area contributed by atoms with Crippen molar-refractivity contribution in [3.63, 3.8) is 0 Å². The zero-order chi connectivity index (χ0) is 14.7. The first kappa shape index (κ1) is 15.0. The van der Waals surface area contributed by atoms with Crippen LogP contribution in [0.25, 0.3) is 0 Å². The second-order valence-electron chi connectivity index (χ2n) is 4.66. The van der Waals surface area contributed by atoms with Crippen LogP contribution in [0.2, 0.25) is 0 Å². The quantitative estimate of drug-likeness (QED) is 0.775. The Bertz CT molecular complexity index is 535. The van der Waals surface area contributed by atoms with Gasteiger partial charge in [-0.15, -0.1) is 0 Å². The molecule has 0 saturated carbocycles. The molecule has 1 saturated heterocycles. The predicted molar refractivity (Wildman–Crippen MR) is 74.8 cm³/mol. The Morgan fingerprint density at radius 3 is 2.80 bits per heavy atom. The number of carbonyl (C=O) groups is 2. The third-order valence-electron chi connectivity index (χ3n) is 3.40. The van der Waals surface area contributed by atoms with Crippen molar-refractivity contribution in [1.82, 2.24) is 4.90 Å². The number of amides is 1. The van der Waals surface area contributed by atoms with Crippen molar-refractivity contribution in [3.05, 3.63) is 34.1 Å². The number of nitrogens with zero attached hydrogens (tertiary/aromatic N) is 1. The summed E-state index contributed by atoms with van der Waals surface area (Å²) in [5.74, 6) is -1.11. The molecule has 20 heavy (non-hydrogen) atoms. The van der Waals surface area contributed by atoms with Gasteiger partial charge in [0.15, 0.2) is 0 Å². The molecule has 2 rings (SSSR count). The van der Waals surface area contributed by atoms with Gasteiger partial charge in [-0.1, -0.05) is 0 Å². The summed E-state index contributed by atoms with van der Waals surface area (Å²) in [5.41, 5.74) is 0.349. The van der Waals surface area contributed by atoms with Crippen molar-refractivity contribution in [2.24, 2.45) is 0 Å². The van der Waals surface area contributed by atoms with Gasteiger partial charge in [0.05, 0.1) is 12.7 Å². The van der Waals surface area contributed by atoms with E-state index in [1.165, 1.54) is 30.2 Å². The van der Waals surface area contributed by atoms with Crippen LogP contribution >= 0.6 is 15.9 Å². The number of likely N-dealkylation sites (tertiary alicyclic amines) is 1. The maximum absolute atomic E-state index is 13.1. The highest BCUT2D eigenvalue weighted by Gasteiger charge is 2.33. The van der Waals surface area contributed by atoms with Crippen molar-refractivity contribution in [2.45, 2.75) is 25.3 Å².